The standard InChI is InChI=1S/C10H22N2.C9H20N2/c1-9(2)8(11)6-7-12(5)10(9,3)4;1-8(2)5-7(10)6-9(3,4)11-8/h8H,6-7,11H2,1-5H3;7,11H,5-6,10H2,1-4H3. The SMILES string of the molecule is CC1(C)CC(N)CC(C)(C)N1.CN1CCC(N)C(C)(C)C1(C)C. The highest BCUT2D eigenvalue weighted by Gasteiger charge is 2.47. The molecule has 2 aliphatic heterocycles. The molecule has 4 heteroatoms. The van der Waals surface area contributed by atoms with Gasteiger partial charge < -0.3 is 21.7 Å². The van der Waals surface area contributed by atoms with E-state index < -0.39 is 0 Å². The fourth-order valence-electron chi connectivity index (χ4n) is 4.32. The minimum atomic E-state index is 0.208. The van der Waals surface area contributed by atoms with Gasteiger partial charge in [-0.1, -0.05) is 13.8 Å². The lowest BCUT2D eigenvalue weighted by atomic mass is 9.65. The van der Waals surface area contributed by atoms with Crippen molar-refractivity contribution in [1.29, 1.82) is 0 Å². The molecule has 1 unspecified atom stereocenters. The zero-order valence-corrected chi connectivity index (χ0v) is 17.1. The van der Waals surface area contributed by atoms with Crippen molar-refractivity contribution in [3.05, 3.63) is 0 Å². The zero-order chi connectivity index (χ0) is 18.3. The second-order valence-electron chi connectivity index (χ2n) is 10.2. The molecule has 5 N–H and O–H groups in total. The van der Waals surface area contributed by atoms with Crippen LogP contribution in [0.2, 0.25) is 0 Å². The summed E-state index contributed by atoms with van der Waals surface area (Å²) in [5.74, 6) is 0. The van der Waals surface area contributed by atoms with Gasteiger partial charge in [0.25, 0.3) is 0 Å². The van der Waals surface area contributed by atoms with Gasteiger partial charge in [0.15, 0.2) is 0 Å². The van der Waals surface area contributed by atoms with E-state index in [-0.39, 0.29) is 22.0 Å². The number of nitrogens with zero attached hydrogens (tertiary/aromatic N) is 1. The van der Waals surface area contributed by atoms with Crippen molar-refractivity contribution in [3.63, 3.8) is 0 Å². The smallest absolute Gasteiger partial charge is 0.0215 e. The third-order valence-corrected chi connectivity index (χ3v) is 6.46. The lowest BCUT2D eigenvalue weighted by molar-refractivity contribution is -0.0274. The molecule has 0 bridgehead atoms. The van der Waals surface area contributed by atoms with Gasteiger partial charge in [0.2, 0.25) is 0 Å². The van der Waals surface area contributed by atoms with Crippen LogP contribution >= 0.6 is 0 Å². The molecule has 0 spiro atoms. The van der Waals surface area contributed by atoms with Gasteiger partial charge in [0.1, 0.15) is 0 Å². The molecule has 0 aromatic rings. The van der Waals surface area contributed by atoms with Crippen LogP contribution in [0.15, 0.2) is 0 Å². The molecule has 0 saturated carbocycles. The van der Waals surface area contributed by atoms with E-state index in [2.05, 4.69) is 72.7 Å². The van der Waals surface area contributed by atoms with Gasteiger partial charge in [-0.2, -0.15) is 0 Å². The molecule has 138 valence electrons. The summed E-state index contributed by atoms with van der Waals surface area (Å²) in [5.41, 5.74) is 12.9. The molecule has 0 aromatic heterocycles. The highest BCUT2D eigenvalue weighted by molar-refractivity contribution is 5.03. The Hall–Kier alpha value is -0.160. The quantitative estimate of drug-likeness (QED) is 0.640. The highest BCUT2D eigenvalue weighted by atomic mass is 15.2. The Labute approximate surface area is 144 Å². The second kappa shape index (κ2) is 6.62. The fourth-order valence-corrected chi connectivity index (χ4v) is 4.32. The lowest BCUT2D eigenvalue weighted by Gasteiger charge is -2.55. The molecule has 4 nitrogen and oxygen atoms in total. The second-order valence-corrected chi connectivity index (χ2v) is 10.2. The lowest BCUT2D eigenvalue weighted by Crippen LogP contribution is -2.63. The van der Waals surface area contributed by atoms with Crippen LogP contribution in [0.3, 0.4) is 0 Å². The predicted octanol–water partition coefficient (Wildman–Crippen LogP) is 2.71. The monoisotopic (exact) mass is 326 g/mol. The summed E-state index contributed by atoms with van der Waals surface area (Å²) < 4.78 is 0. The fraction of sp³-hybridized carbons (Fsp3) is 1.00. The Kier molecular flexibility index (Phi) is 6.01. The Balaban J connectivity index is 0.000000231. The van der Waals surface area contributed by atoms with E-state index in [1.807, 2.05) is 0 Å². The van der Waals surface area contributed by atoms with E-state index in [0.29, 0.717) is 12.1 Å². The van der Waals surface area contributed by atoms with Gasteiger partial charge in [0, 0.05) is 28.7 Å². The number of likely N-dealkylation sites (tertiary alicyclic amines) is 1. The molecule has 0 aliphatic carbocycles. The van der Waals surface area contributed by atoms with Crippen molar-refractivity contribution in [2.75, 3.05) is 13.6 Å². The van der Waals surface area contributed by atoms with Crippen molar-refractivity contribution in [2.24, 2.45) is 16.9 Å². The van der Waals surface area contributed by atoms with Crippen molar-refractivity contribution < 1.29 is 0 Å². The molecule has 2 aliphatic rings. The Morgan fingerprint density at radius 2 is 1.30 bits per heavy atom. The van der Waals surface area contributed by atoms with Crippen molar-refractivity contribution >= 4 is 0 Å². The summed E-state index contributed by atoms with van der Waals surface area (Å²) >= 11 is 0. The van der Waals surface area contributed by atoms with Gasteiger partial charge >= 0.3 is 0 Å². The molecule has 0 radical (unpaired) electrons. The van der Waals surface area contributed by atoms with E-state index in [0.717, 1.165) is 25.8 Å². The van der Waals surface area contributed by atoms with Crippen LogP contribution in [0.5, 0.6) is 0 Å². The average molecular weight is 327 g/mol. The molecule has 23 heavy (non-hydrogen) atoms. The van der Waals surface area contributed by atoms with Crippen LogP contribution < -0.4 is 16.8 Å². The van der Waals surface area contributed by atoms with Gasteiger partial charge in [0.05, 0.1) is 0 Å². The van der Waals surface area contributed by atoms with Crippen LogP contribution in [0.4, 0.5) is 0 Å². The topological polar surface area (TPSA) is 67.3 Å². The molecule has 1 atom stereocenters. The first kappa shape index (κ1) is 20.9. The zero-order valence-electron chi connectivity index (χ0n) is 17.1. The highest BCUT2D eigenvalue weighted by Crippen LogP contribution is 2.41. The molecule has 0 aromatic carbocycles. The van der Waals surface area contributed by atoms with Crippen LogP contribution in [0, 0.1) is 5.41 Å². The van der Waals surface area contributed by atoms with Crippen LogP contribution in [-0.2, 0) is 0 Å². The number of hydrogen-bond donors (Lipinski definition) is 3. The Morgan fingerprint density at radius 1 is 0.870 bits per heavy atom. The summed E-state index contributed by atoms with van der Waals surface area (Å²) in [5, 5.41) is 3.58. The number of piperidine rings is 2. The maximum Gasteiger partial charge on any atom is 0.0215 e. The summed E-state index contributed by atoms with van der Waals surface area (Å²) in [7, 11) is 2.19. The van der Waals surface area contributed by atoms with E-state index in [9.17, 15) is 0 Å². The molecular formula is C19H42N4. The Bertz CT molecular complexity index is 362. The maximum atomic E-state index is 6.12. The number of nitrogens with two attached hydrogens (primary N) is 2. The summed E-state index contributed by atoms with van der Waals surface area (Å²) in [4.78, 5) is 2.41. The van der Waals surface area contributed by atoms with E-state index in [4.69, 9.17) is 11.5 Å². The third-order valence-electron chi connectivity index (χ3n) is 6.46. The van der Waals surface area contributed by atoms with Crippen molar-refractivity contribution in [1.82, 2.24) is 10.2 Å². The van der Waals surface area contributed by atoms with Crippen LogP contribution in [0.1, 0.15) is 74.7 Å². The van der Waals surface area contributed by atoms with Crippen LogP contribution in [0.25, 0.3) is 0 Å². The van der Waals surface area contributed by atoms with E-state index >= 15 is 0 Å². The molecular weight excluding hydrogens is 284 g/mol. The van der Waals surface area contributed by atoms with Gasteiger partial charge in [-0.25, -0.2) is 0 Å². The number of rotatable bonds is 0. The van der Waals surface area contributed by atoms with E-state index in [1.54, 1.807) is 0 Å². The van der Waals surface area contributed by atoms with Gasteiger partial charge in [-0.15, -0.1) is 0 Å². The normalized spacial score (nSPS) is 32.7. The van der Waals surface area contributed by atoms with Crippen LogP contribution in [-0.4, -0.2) is 47.2 Å². The average Bonchev–Trinajstić information content (AvgIpc) is 2.29. The van der Waals surface area contributed by atoms with Gasteiger partial charge in [-0.05, 0) is 79.8 Å². The largest absolute Gasteiger partial charge is 0.328 e. The Morgan fingerprint density at radius 3 is 1.65 bits per heavy atom. The first-order valence-corrected chi connectivity index (χ1v) is 9.12. The summed E-state index contributed by atoms with van der Waals surface area (Å²) in [6, 6.07) is 0.699. The maximum absolute atomic E-state index is 6.12. The number of nitrogens with one attached hydrogen (secondary N) is 1. The van der Waals surface area contributed by atoms with E-state index in [1.165, 1.54) is 0 Å². The third kappa shape index (κ3) is 4.91. The molecule has 2 rings (SSSR count). The number of hydrogen-bond acceptors (Lipinski definition) is 4. The summed E-state index contributed by atoms with van der Waals surface area (Å²) in [6.45, 7) is 19.1. The molecule has 2 heterocycles. The molecule has 2 fully saturated rings. The minimum absolute atomic E-state index is 0.208. The first-order chi connectivity index (χ1) is 10.1. The minimum Gasteiger partial charge on any atom is -0.328 e. The van der Waals surface area contributed by atoms with Crippen molar-refractivity contribution in [2.45, 2.75) is 103 Å². The summed E-state index contributed by atoms with van der Waals surface area (Å²) in [6.07, 6.45) is 3.28. The molecule has 0 amide bonds. The first-order valence-electron chi connectivity index (χ1n) is 9.12. The van der Waals surface area contributed by atoms with Crippen molar-refractivity contribution in [3.8, 4) is 0 Å². The molecule has 2 saturated heterocycles. The predicted molar refractivity (Wildman–Crippen MR) is 102 cm³/mol. The van der Waals surface area contributed by atoms with Gasteiger partial charge in [-0.3, -0.25) is 0 Å².